The second kappa shape index (κ2) is 10.7. The fourth-order valence-electron chi connectivity index (χ4n) is 4.47. The fraction of sp³-hybridized carbons (Fsp3) is 0.214. The lowest BCUT2D eigenvalue weighted by molar-refractivity contribution is 0.0535. The van der Waals surface area contributed by atoms with E-state index in [4.69, 9.17) is 4.74 Å². The fourth-order valence-corrected chi connectivity index (χ4v) is 5.72. The molecule has 1 fully saturated rings. The van der Waals surface area contributed by atoms with Gasteiger partial charge in [0, 0.05) is 55.2 Å². The number of rotatable bonds is 6. The quantitative estimate of drug-likeness (QED) is 0.394. The van der Waals surface area contributed by atoms with E-state index in [1.54, 1.807) is 58.5 Å². The lowest BCUT2D eigenvalue weighted by atomic mass is 10.1. The van der Waals surface area contributed by atoms with Crippen LogP contribution in [0.25, 0.3) is 10.9 Å². The van der Waals surface area contributed by atoms with Crippen molar-refractivity contribution in [3.05, 3.63) is 89.9 Å². The van der Waals surface area contributed by atoms with Gasteiger partial charge < -0.3 is 14.5 Å². The van der Waals surface area contributed by atoms with Crippen molar-refractivity contribution in [3.63, 3.8) is 0 Å². The smallest absolute Gasteiger partial charge is 0.264 e. The highest BCUT2D eigenvalue weighted by atomic mass is 32.2. The van der Waals surface area contributed by atoms with Crippen molar-refractivity contribution in [2.24, 2.45) is 0 Å². The number of anilines is 1. The summed E-state index contributed by atoms with van der Waals surface area (Å²) in [5.41, 5.74) is 2.26. The largest absolute Gasteiger partial charge is 0.495 e. The van der Waals surface area contributed by atoms with Crippen molar-refractivity contribution < 1.29 is 22.7 Å². The molecule has 4 aromatic rings. The molecule has 39 heavy (non-hydrogen) atoms. The molecule has 1 aliphatic rings. The van der Waals surface area contributed by atoms with Crippen LogP contribution in [0.5, 0.6) is 5.75 Å². The van der Waals surface area contributed by atoms with E-state index < -0.39 is 10.0 Å². The number of methoxy groups -OCH3 is 1. The molecule has 0 saturated carbocycles. The third-order valence-corrected chi connectivity index (χ3v) is 7.99. The SMILES string of the molecule is COc1cc(C(=O)N2CCN(C(=O)c3ccc(C)nc3)CC2)ccc1NS(=O)(=O)c1cccc2cccnc12. The van der Waals surface area contributed by atoms with Crippen LogP contribution >= 0.6 is 0 Å². The predicted octanol–water partition coefficient (Wildman–Crippen LogP) is 3.35. The van der Waals surface area contributed by atoms with Crippen LogP contribution in [0.15, 0.2) is 78.0 Å². The Hall–Kier alpha value is -4.51. The van der Waals surface area contributed by atoms with Gasteiger partial charge in [0.1, 0.15) is 10.6 Å². The number of aromatic nitrogens is 2. The minimum Gasteiger partial charge on any atom is -0.495 e. The van der Waals surface area contributed by atoms with Crippen LogP contribution < -0.4 is 9.46 Å². The average Bonchev–Trinajstić information content (AvgIpc) is 2.96. The number of aryl methyl sites for hydroxylation is 1. The van der Waals surface area contributed by atoms with E-state index in [0.717, 1.165) is 5.69 Å². The maximum absolute atomic E-state index is 13.2. The van der Waals surface area contributed by atoms with Crippen molar-refractivity contribution >= 4 is 38.4 Å². The van der Waals surface area contributed by atoms with Gasteiger partial charge >= 0.3 is 0 Å². The summed E-state index contributed by atoms with van der Waals surface area (Å²) in [6.45, 7) is 3.39. The summed E-state index contributed by atoms with van der Waals surface area (Å²) in [5.74, 6) is -0.141. The van der Waals surface area contributed by atoms with Gasteiger partial charge in [-0.25, -0.2) is 8.42 Å². The number of pyridine rings is 2. The molecule has 0 spiro atoms. The van der Waals surface area contributed by atoms with Crippen molar-refractivity contribution in [2.75, 3.05) is 38.0 Å². The molecule has 1 saturated heterocycles. The lowest BCUT2D eigenvalue weighted by Gasteiger charge is -2.35. The third kappa shape index (κ3) is 5.39. The average molecular weight is 546 g/mol. The second-order valence-electron chi connectivity index (χ2n) is 9.12. The molecule has 0 bridgehead atoms. The van der Waals surface area contributed by atoms with E-state index in [0.29, 0.717) is 48.2 Å². The van der Waals surface area contributed by atoms with Gasteiger partial charge in [0.05, 0.1) is 23.9 Å². The van der Waals surface area contributed by atoms with E-state index in [-0.39, 0.29) is 28.1 Å². The van der Waals surface area contributed by atoms with Crippen molar-refractivity contribution in [3.8, 4) is 5.75 Å². The maximum Gasteiger partial charge on any atom is 0.264 e. The first kappa shape index (κ1) is 26.1. The number of carbonyl (C=O) groups excluding carboxylic acids is 2. The summed E-state index contributed by atoms with van der Waals surface area (Å²) in [6, 6.07) is 16.6. The zero-order chi connectivity index (χ0) is 27.6. The molecular weight excluding hydrogens is 518 g/mol. The molecule has 0 aliphatic carbocycles. The molecule has 3 heterocycles. The van der Waals surface area contributed by atoms with Crippen LogP contribution in [0.2, 0.25) is 0 Å². The minimum atomic E-state index is -4.00. The lowest BCUT2D eigenvalue weighted by Crippen LogP contribution is -2.50. The van der Waals surface area contributed by atoms with Crippen LogP contribution in [0.1, 0.15) is 26.4 Å². The standard InChI is InChI=1S/C28H27N5O5S/c1-19-8-9-22(18-30-19)28(35)33-15-13-32(14-16-33)27(34)21-10-11-23(24(17-21)38-2)31-39(36,37)25-7-3-5-20-6-4-12-29-26(20)25/h3-12,17-18,31H,13-16H2,1-2H3. The number of piperazine rings is 1. The maximum atomic E-state index is 13.2. The number of fused-ring (bicyclic) bond motifs is 1. The molecule has 0 radical (unpaired) electrons. The van der Waals surface area contributed by atoms with Crippen LogP contribution in [-0.2, 0) is 10.0 Å². The van der Waals surface area contributed by atoms with E-state index in [9.17, 15) is 18.0 Å². The second-order valence-corrected chi connectivity index (χ2v) is 10.8. The number of hydrogen-bond acceptors (Lipinski definition) is 7. The highest BCUT2D eigenvalue weighted by Gasteiger charge is 2.27. The molecule has 2 aromatic carbocycles. The van der Waals surface area contributed by atoms with Crippen molar-refractivity contribution in [2.45, 2.75) is 11.8 Å². The summed E-state index contributed by atoms with van der Waals surface area (Å²) < 4.78 is 34.5. The van der Waals surface area contributed by atoms with Crippen LogP contribution in [-0.4, -0.2) is 73.3 Å². The Kier molecular flexibility index (Phi) is 7.16. The minimum absolute atomic E-state index is 0.0386. The number of carbonyl (C=O) groups is 2. The number of nitrogens with one attached hydrogen (secondary N) is 1. The molecule has 1 N–H and O–H groups in total. The predicted molar refractivity (Wildman–Crippen MR) is 146 cm³/mol. The van der Waals surface area contributed by atoms with Crippen molar-refractivity contribution in [1.29, 1.82) is 0 Å². The number of benzene rings is 2. The number of sulfonamides is 1. The van der Waals surface area contributed by atoms with Gasteiger partial charge in [-0.2, -0.15) is 0 Å². The first-order valence-electron chi connectivity index (χ1n) is 12.3. The molecular formula is C28H27N5O5S. The molecule has 2 amide bonds. The normalized spacial score (nSPS) is 13.8. The van der Waals surface area contributed by atoms with Crippen molar-refractivity contribution in [1.82, 2.24) is 19.8 Å². The summed E-state index contributed by atoms with van der Waals surface area (Å²) >= 11 is 0. The number of hydrogen-bond donors (Lipinski definition) is 1. The zero-order valence-corrected chi connectivity index (χ0v) is 22.3. The Labute approximate surface area is 226 Å². The molecule has 10 nitrogen and oxygen atoms in total. The first-order chi connectivity index (χ1) is 18.8. The van der Waals surface area contributed by atoms with Gasteiger partial charge in [0.25, 0.3) is 21.8 Å². The Morgan fingerprint density at radius 1 is 0.872 bits per heavy atom. The van der Waals surface area contributed by atoms with E-state index >= 15 is 0 Å². The Morgan fingerprint density at radius 3 is 2.21 bits per heavy atom. The molecule has 0 unspecified atom stereocenters. The summed E-state index contributed by atoms with van der Waals surface area (Å²) in [6.07, 6.45) is 3.10. The van der Waals surface area contributed by atoms with Gasteiger partial charge in [-0.3, -0.25) is 24.3 Å². The molecule has 2 aromatic heterocycles. The van der Waals surface area contributed by atoms with Gasteiger partial charge in [-0.1, -0.05) is 18.2 Å². The summed E-state index contributed by atoms with van der Waals surface area (Å²) in [7, 11) is -2.59. The third-order valence-electron chi connectivity index (χ3n) is 6.59. The van der Waals surface area contributed by atoms with Gasteiger partial charge in [0.2, 0.25) is 0 Å². The van der Waals surface area contributed by atoms with E-state index in [2.05, 4.69) is 14.7 Å². The zero-order valence-electron chi connectivity index (χ0n) is 21.5. The van der Waals surface area contributed by atoms with Gasteiger partial charge in [-0.15, -0.1) is 0 Å². The topological polar surface area (TPSA) is 122 Å². The highest BCUT2D eigenvalue weighted by Crippen LogP contribution is 2.30. The first-order valence-corrected chi connectivity index (χ1v) is 13.8. The highest BCUT2D eigenvalue weighted by molar-refractivity contribution is 7.93. The molecule has 5 rings (SSSR count). The molecule has 11 heteroatoms. The summed E-state index contributed by atoms with van der Waals surface area (Å²) in [4.78, 5) is 37.8. The summed E-state index contributed by atoms with van der Waals surface area (Å²) in [5, 5.41) is 0.700. The monoisotopic (exact) mass is 545 g/mol. The van der Waals surface area contributed by atoms with E-state index in [1.165, 1.54) is 31.5 Å². The Balaban J connectivity index is 1.29. The molecule has 0 atom stereocenters. The Morgan fingerprint density at radius 2 is 1.54 bits per heavy atom. The number of nitrogens with zero attached hydrogens (tertiary/aromatic N) is 4. The van der Waals surface area contributed by atoms with E-state index in [1.807, 2.05) is 6.92 Å². The van der Waals surface area contributed by atoms with Crippen LogP contribution in [0.4, 0.5) is 5.69 Å². The number of para-hydroxylation sites is 1. The number of amides is 2. The number of ether oxygens (including phenoxy) is 1. The van der Waals surface area contributed by atoms with Gasteiger partial charge in [-0.05, 0) is 49.4 Å². The Bertz CT molecular complexity index is 1640. The molecule has 1 aliphatic heterocycles. The molecule has 200 valence electrons. The van der Waals surface area contributed by atoms with Gasteiger partial charge in [0.15, 0.2) is 0 Å². The van der Waals surface area contributed by atoms with Crippen LogP contribution in [0.3, 0.4) is 0 Å². The van der Waals surface area contributed by atoms with Crippen LogP contribution in [0, 0.1) is 6.92 Å².